The molecule has 0 saturated heterocycles. The first kappa shape index (κ1) is 13.2. The zero-order valence-electron chi connectivity index (χ0n) is 10.6. The summed E-state index contributed by atoms with van der Waals surface area (Å²) in [5, 5.41) is 9.22. The second-order valence-corrected chi connectivity index (χ2v) is 4.30. The van der Waals surface area contributed by atoms with Crippen LogP contribution in [0.15, 0.2) is 12.1 Å². The Kier molecular flexibility index (Phi) is 3.59. The largest absolute Gasteiger partial charge is 0.478 e. The third-order valence-electron chi connectivity index (χ3n) is 2.84. The summed E-state index contributed by atoms with van der Waals surface area (Å²) in [7, 11) is 0. The first-order chi connectivity index (χ1) is 8.99. The fourth-order valence-corrected chi connectivity index (χ4v) is 1.88. The molecule has 6 heteroatoms. The molecule has 6 nitrogen and oxygen atoms in total. The lowest BCUT2D eigenvalue weighted by atomic mass is 9.95. The summed E-state index contributed by atoms with van der Waals surface area (Å²) < 4.78 is 15.3. The molecule has 0 amide bonds. The summed E-state index contributed by atoms with van der Waals surface area (Å²) in [6.07, 6.45) is 0. The van der Waals surface area contributed by atoms with Crippen LogP contribution in [-0.4, -0.2) is 30.4 Å². The van der Waals surface area contributed by atoms with Gasteiger partial charge in [-0.25, -0.2) is 4.79 Å². The molecule has 0 radical (unpaired) electrons. The van der Waals surface area contributed by atoms with Gasteiger partial charge in [0, 0.05) is 12.8 Å². The number of benzene rings is 1. The zero-order chi connectivity index (χ0) is 14.0. The van der Waals surface area contributed by atoms with Gasteiger partial charge in [-0.05, 0) is 17.7 Å². The maximum Gasteiger partial charge on any atom is 0.336 e. The SMILES string of the molecule is CC(=O)OCC(C)c1cc2c(cc1C(=O)O)OCO2. The smallest absolute Gasteiger partial charge is 0.336 e. The summed E-state index contributed by atoms with van der Waals surface area (Å²) in [4.78, 5) is 22.1. The molecule has 0 spiro atoms. The van der Waals surface area contributed by atoms with Crippen molar-refractivity contribution in [2.24, 2.45) is 0 Å². The van der Waals surface area contributed by atoms with Crippen LogP contribution in [0, 0.1) is 0 Å². The average molecular weight is 266 g/mol. The van der Waals surface area contributed by atoms with Gasteiger partial charge in [0.25, 0.3) is 0 Å². The van der Waals surface area contributed by atoms with E-state index in [2.05, 4.69) is 0 Å². The average Bonchev–Trinajstić information content (AvgIpc) is 2.81. The summed E-state index contributed by atoms with van der Waals surface area (Å²) in [5.74, 6) is -0.771. The molecular weight excluding hydrogens is 252 g/mol. The number of carbonyl (C=O) groups is 2. The van der Waals surface area contributed by atoms with Crippen LogP contribution in [0.5, 0.6) is 11.5 Å². The Morgan fingerprint density at radius 2 is 2.00 bits per heavy atom. The van der Waals surface area contributed by atoms with Gasteiger partial charge in [-0.1, -0.05) is 6.92 Å². The number of rotatable bonds is 4. The molecule has 1 aliphatic heterocycles. The predicted octanol–water partition coefficient (Wildman–Crippen LogP) is 1.78. The molecular formula is C13H14O6. The second-order valence-electron chi connectivity index (χ2n) is 4.30. The van der Waals surface area contributed by atoms with Gasteiger partial charge in [-0.3, -0.25) is 4.79 Å². The Balaban J connectivity index is 2.32. The van der Waals surface area contributed by atoms with Crippen molar-refractivity contribution in [3.63, 3.8) is 0 Å². The maximum absolute atomic E-state index is 11.3. The highest BCUT2D eigenvalue weighted by Crippen LogP contribution is 2.37. The third kappa shape index (κ3) is 2.78. The van der Waals surface area contributed by atoms with Crippen LogP contribution >= 0.6 is 0 Å². The first-order valence-electron chi connectivity index (χ1n) is 5.79. The van der Waals surface area contributed by atoms with Gasteiger partial charge in [0.15, 0.2) is 11.5 Å². The minimum absolute atomic E-state index is 0.0795. The molecule has 0 aliphatic carbocycles. The number of carboxylic acid groups (broad SMARTS) is 1. The highest BCUT2D eigenvalue weighted by molar-refractivity contribution is 5.90. The molecule has 1 atom stereocenters. The van der Waals surface area contributed by atoms with Crippen LogP contribution in [0.4, 0.5) is 0 Å². The van der Waals surface area contributed by atoms with E-state index in [1.54, 1.807) is 13.0 Å². The Bertz CT molecular complexity index is 522. The van der Waals surface area contributed by atoms with Gasteiger partial charge in [0.05, 0.1) is 12.2 Å². The van der Waals surface area contributed by atoms with Gasteiger partial charge >= 0.3 is 11.9 Å². The van der Waals surface area contributed by atoms with Crippen LogP contribution < -0.4 is 9.47 Å². The van der Waals surface area contributed by atoms with E-state index in [1.165, 1.54) is 13.0 Å². The lowest BCUT2D eigenvalue weighted by Gasteiger charge is -2.15. The molecule has 0 aromatic heterocycles. The van der Waals surface area contributed by atoms with Crippen molar-refractivity contribution in [2.45, 2.75) is 19.8 Å². The van der Waals surface area contributed by atoms with E-state index < -0.39 is 11.9 Å². The molecule has 2 rings (SSSR count). The van der Waals surface area contributed by atoms with Gasteiger partial charge < -0.3 is 19.3 Å². The summed E-state index contributed by atoms with van der Waals surface area (Å²) in [6.45, 7) is 3.29. The van der Waals surface area contributed by atoms with E-state index in [0.717, 1.165) is 0 Å². The van der Waals surface area contributed by atoms with E-state index in [4.69, 9.17) is 14.2 Å². The Morgan fingerprint density at radius 3 is 2.58 bits per heavy atom. The normalized spacial score (nSPS) is 14.0. The van der Waals surface area contributed by atoms with Crippen molar-refractivity contribution in [1.82, 2.24) is 0 Å². The topological polar surface area (TPSA) is 82.1 Å². The van der Waals surface area contributed by atoms with Crippen molar-refractivity contribution < 1.29 is 28.9 Å². The number of carboxylic acids is 1. The van der Waals surface area contributed by atoms with Crippen molar-refractivity contribution in [1.29, 1.82) is 0 Å². The third-order valence-corrected chi connectivity index (χ3v) is 2.84. The fraction of sp³-hybridized carbons (Fsp3) is 0.385. The van der Waals surface area contributed by atoms with Crippen LogP contribution in [0.25, 0.3) is 0 Å². The Morgan fingerprint density at radius 1 is 1.37 bits per heavy atom. The summed E-state index contributed by atoms with van der Waals surface area (Å²) >= 11 is 0. The zero-order valence-corrected chi connectivity index (χ0v) is 10.6. The number of fused-ring (bicyclic) bond motifs is 1. The lowest BCUT2D eigenvalue weighted by molar-refractivity contribution is -0.141. The minimum Gasteiger partial charge on any atom is -0.478 e. The van der Waals surface area contributed by atoms with Gasteiger partial charge in [-0.2, -0.15) is 0 Å². The number of aromatic carboxylic acids is 1. The number of hydrogen-bond acceptors (Lipinski definition) is 5. The van der Waals surface area contributed by atoms with Crippen molar-refractivity contribution in [3.05, 3.63) is 23.3 Å². The quantitative estimate of drug-likeness (QED) is 0.836. The summed E-state index contributed by atoms with van der Waals surface area (Å²) in [5.41, 5.74) is 0.682. The molecule has 0 bridgehead atoms. The highest BCUT2D eigenvalue weighted by atomic mass is 16.7. The Hall–Kier alpha value is -2.24. The number of carbonyl (C=O) groups excluding carboxylic acids is 1. The van der Waals surface area contributed by atoms with Crippen molar-refractivity contribution in [2.75, 3.05) is 13.4 Å². The van der Waals surface area contributed by atoms with Crippen LogP contribution in [0.3, 0.4) is 0 Å². The molecule has 0 saturated carbocycles. The maximum atomic E-state index is 11.3. The minimum atomic E-state index is -1.05. The van der Waals surface area contributed by atoms with Crippen molar-refractivity contribution in [3.8, 4) is 11.5 Å². The number of esters is 1. The van der Waals surface area contributed by atoms with Gasteiger partial charge in [0.1, 0.15) is 0 Å². The summed E-state index contributed by atoms with van der Waals surface area (Å²) in [6, 6.07) is 3.06. The highest BCUT2D eigenvalue weighted by Gasteiger charge is 2.23. The number of hydrogen-bond donors (Lipinski definition) is 1. The monoisotopic (exact) mass is 266 g/mol. The van der Waals surface area contributed by atoms with E-state index in [0.29, 0.717) is 17.1 Å². The lowest BCUT2D eigenvalue weighted by Crippen LogP contribution is -2.12. The van der Waals surface area contributed by atoms with E-state index in [1.807, 2.05) is 0 Å². The van der Waals surface area contributed by atoms with Gasteiger partial charge in [-0.15, -0.1) is 0 Å². The van der Waals surface area contributed by atoms with E-state index in [-0.39, 0.29) is 24.9 Å². The van der Waals surface area contributed by atoms with Gasteiger partial charge in [0.2, 0.25) is 6.79 Å². The van der Waals surface area contributed by atoms with Crippen LogP contribution in [0.2, 0.25) is 0 Å². The van der Waals surface area contributed by atoms with E-state index >= 15 is 0 Å². The van der Waals surface area contributed by atoms with Crippen molar-refractivity contribution >= 4 is 11.9 Å². The molecule has 1 aromatic carbocycles. The van der Waals surface area contributed by atoms with E-state index in [9.17, 15) is 14.7 Å². The molecule has 1 aromatic rings. The molecule has 19 heavy (non-hydrogen) atoms. The van der Waals surface area contributed by atoms with Crippen LogP contribution in [0.1, 0.15) is 35.7 Å². The predicted molar refractivity (Wildman–Crippen MR) is 64.6 cm³/mol. The standard InChI is InChI=1S/C13H14O6/c1-7(5-17-8(2)14)9-3-11-12(19-6-18-11)4-10(9)13(15)16/h3-4,7H,5-6H2,1-2H3,(H,15,16). The molecule has 1 unspecified atom stereocenters. The first-order valence-corrected chi connectivity index (χ1v) is 5.79. The Labute approximate surface area is 109 Å². The molecule has 0 fully saturated rings. The number of ether oxygens (including phenoxy) is 3. The molecule has 1 N–H and O–H groups in total. The second kappa shape index (κ2) is 5.17. The van der Waals surface area contributed by atoms with Crippen LogP contribution in [-0.2, 0) is 9.53 Å². The molecule has 1 heterocycles. The molecule has 102 valence electrons. The fourth-order valence-electron chi connectivity index (χ4n) is 1.88. The molecule has 1 aliphatic rings.